The van der Waals surface area contributed by atoms with Gasteiger partial charge in [-0.2, -0.15) is 0 Å². The Hall–Kier alpha value is -3.08. The molecule has 4 nitrogen and oxygen atoms in total. The smallest absolute Gasteiger partial charge is 0.144 e. The number of hydrogen-bond acceptors (Lipinski definition) is 3. The van der Waals surface area contributed by atoms with Gasteiger partial charge in [0.2, 0.25) is 0 Å². The summed E-state index contributed by atoms with van der Waals surface area (Å²) in [4.78, 5) is 16.1. The van der Waals surface area contributed by atoms with E-state index in [9.17, 15) is 4.39 Å². The van der Waals surface area contributed by atoms with Crippen LogP contribution in [-0.4, -0.2) is 19.9 Å². The average molecular weight is 304 g/mol. The van der Waals surface area contributed by atoms with Gasteiger partial charge in [-0.15, -0.1) is 0 Å². The van der Waals surface area contributed by atoms with Crippen LogP contribution >= 0.6 is 0 Å². The highest BCUT2D eigenvalue weighted by atomic mass is 19.1. The van der Waals surface area contributed by atoms with E-state index in [2.05, 4.69) is 19.9 Å². The zero-order chi connectivity index (χ0) is 15.8. The summed E-state index contributed by atoms with van der Waals surface area (Å²) in [6.45, 7) is 1.65. The van der Waals surface area contributed by atoms with Crippen molar-refractivity contribution in [1.29, 1.82) is 0 Å². The molecule has 23 heavy (non-hydrogen) atoms. The molecule has 0 saturated carbocycles. The van der Waals surface area contributed by atoms with Gasteiger partial charge in [0, 0.05) is 17.1 Å². The van der Waals surface area contributed by atoms with E-state index in [0.29, 0.717) is 11.4 Å². The highest BCUT2D eigenvalue weighted by Crippen LogP contribution is 2.30. The molecule has 4 rings (SSSR count). The van der Waals surface area contributed by atoms with E-state index >= 15 is 0 Å². The van der Waals surface area contributed by atoms with Crippen molar-refractivity contribution in [1.82, 2.24) is 19.9 Å². The van der Waals surface area contributed by atoms with Crippen LogP contribution in [0.2, 0.25) is 0 Å². The molecule has 0 spiro atoms. The van der Waals surface area contributed by atoms with Crippen LogP contribution in [0.4, 0.5) is 4.39 Å². The number of aryl methyl sites for hydroxylation is 1. The van der Waals surface area contributed by atoms with Crippen molar-refractivity contribution in [2.24, 2.45) is 0 Å². The zero-order valence-corrected chi connectivity index (χ0v) is 12.4. The standard InChI is InChI=1S/C18H13FN4/c1-11-14(19)5-7-16(23-11)18-17(21-10-22-18)13-4-6-15-12(9-13)3-2-8-20-15/h2-10H,1H3,(H,21,22). The summed E-state index contributed by atoms with van der Waals surface area (Å²) in [5.74, 6) is -0.313. The SMILES string of the molecule is Cc1nc(-c2[nH]cnc2-c2ccc3ncccc3c2)ccc1F. The number of aromatic nitrogens is 4. The van der Waals surface area contributed by atoms with E-state index in [1.165, 1.54) is 6.07 Å². The summed E-state index contributed by atoms with van der Waals surface area (Å²) < 4.78 is 13.4. The molecular formula is C18H13FN4. The number of aromatic amines is 1. The van der Waals surface area contributed by atoms with Crippen LogP contribution in [0.15, 0.2) is 55.0 Å². The Labute approximate surface area is 132 Å². The van der Waals surface area contributed by atoms with E-state index in [1.54, 1.807) is 25.5 Å². The molecule has 0 atom stereocenters. The Morgan fingerprint density at radius 2 is 1.96 bits per heavy atom. The largest absolute Gasteiger partial charge is 0.343 e. The van der Waals surface area contributed by atoms with Crippen LogP contribution in [0.25, 0.3) is 33.5 Å². The first-order chi connectivity index (χ1) is 11.2. The molecule has 5 heteroatoms. The molecule has 1 N–H and O–H groups in total. The Kier molecular flexibility index (Phi) is 3.12. The van der Waals surface area contributed by atoms with Gasteiger partial charge in [0.05, 0.1) is 34.6 Å². The van der Waals surface area contributed by atoms with Crippen LogP contribution in [0.1, 0.15) is 5.69 Å². The van der Waals surface area contributed by atoms with Crippen molar-refractivity contribution in [3.8, 4) is 22.6 Å². The van der Waals surface area contributed by atoms with Crippen molar-refractivity contribution in [3.63, 3.8) is 0 Å². The highest BCUT2D eigenvalue weighted by Gasteiger charge is 2.13. The normalized spacial score (nSPS) is 11.0. The number of benzene rings is 1. The summed E-state index contributed by atoms with van der Waals surface area (Å²) in [6.07, 6.45) is 3.39. The summed E-state index contributed by atoms with van der Waals surface area (Å²) in [6, 6.07) is 13.0. The minimum absolute atomic E-state index is 0.313. The Morgan fingerprint density at radius 1 is 1.04 bits per heavy atom. The van der Waals surface area contributed by atoms with Gasteiger partial charge < -0.3 is 4.98 Å². The van der Waals surface area contributed by atoms with Crippen LogP contribution in [0.5, 0.6) is 0 Å². The number of H-pyrrole nitrogens is 1. The number of halogens is 1. The molecule has 0 aliphatic carbocycles. The molecule has 0 unspecified atom stereocenters. The molecule has 0 saturated heterocycles. The molecule has 0 amide bonds. The van der Waals surface area contributed by atoms with Gasteiger partial charge in [-0.3, -0.25) is 4.98 Å². The van der Waals surface area contributed by atoms with Crippen LogP contribution in [0.3, 0.4) is 0 Å². The van der Waals surface area contributed by atoms with Gasteiger partial charge in [0.1, 0.15) is 5.82 Å². The van der Waals surface area contributed by atoms with Crippen LogP contribution < -0.4 is 0 Å². The maximum atomic E-state index is 13.4. The molecule has 0 aliphatic heterocycles. The second-order valence-corrected chi connectivity index (χ2v) is 5.30. The fourth-order valence-electron chi connectivity index (χ4n) is 2.61. The van der Waals surface area contributed by atoms with E-state index in [4.69, 9.17) is 0 Å². The lowest BCUT2D eigenvalue weighted by atomic mass is 10.1. The zero-order valence-electron chi connectivity index (χ0n) is 12.4. The molecule has 1 aromatic carbocycles. The number of rotatable bonds is 2. The third-order valence-electron chi connectivity index (χ3n) is 3.79. The number of pyridine rings is 2. The van der Waals surface area contributed by atoms with Crippen LogP contribution in [-0.2, 0) is 0 Å². The van der Waals surface area contributed by atoms with Crippen molar-refractivity contribution in [3.05, 3.63) is 66.5 Å². The third kappa shape index (κ3) is 2.36. The molecular weight excluding hydrogens is 291 g/mol. The molecule has 0 radical (unpaired) electrons. The van der Waals surface area contributed by atoms with Crippen molar-refractivity contribution in [2.45, 2.75) is 6.92 Å². The molecule has 0 aliphatic rings. The average Bonchev–Trinajstić information content (AvgIpc) is 3.06. The molecule has 0 bridgehead atoms. The van der Waals surface area contributed by atoms with E-state index in [1.807, 2.05) is 30.3 Å². The van der Waals surface area contributed by atoms with Gasteiger partial charge in [0.25, 0.3) is 0 Å². The van der Waals surface area contributed by atoms with E-state index < -0.39 is 0 Å². The van der Waals surface area contributed by atoms with E-state index in [0.717, 1.165) is 27.9 Å². The predicted octanol–water partition coefficient (Wildman–Crippen LogP) is 4.13. The Morgan fingerprint density at radius 3 is 2.83 bits per heavy atom. The summed E-state index contributed by atoms with van der Waals surface area (Å²) >= 11 is 0. The fraction of sp³-hybridized carbons (Fsp3) is 0.0556. The molecule has 3 aromatic heterocycles. The van der Waals surface area contributed by atoms with Crippen molar-refractivity contribution in [2.75, 3.05) is 0 Å². The lowest BCUT2D eigenvalue weighted by Crippen LogP contribution is -1.93. The van der Waals surface area contributed by atoms with Crippen LogP contribution in [0, 0.1) is 12.7 Å². The maximum Gasteiger partial charge on any atom is 0.144 e. The second-order valence-electron chi connectivity index (χ2n) is 5.30. The maximum absolute atomic E-state index is 13.4. The number of fused-ring (bicyclic) bond motifs is 1. The number of nitrogens with zero attached hydrogens (tertiary/aromatic N) is 3. The lowest BCUT2D eigenvalue weighted by Gasteiger charge is -2.05. The van der Waals surface area contributed by atoms with Gasteiger partial charge in [-0.25, -0.2) is 14.4 Å². The summed E-state index contributed by atoms with van der Waals surface area (Å²) in [5.41, 5.74) is 4.49. The Bertz CT molecular complexity index is 1010. The predicted molar refractivity (Wildman–Crippen MR) is 87.3 cm³/mol. The monoisotopic (exact) mass is 304 g/mol. The molecule has 4 aromatic rings. The molecule has 0 fully saturated rings. The van der Waals surface area contributed by atoms with Gasteiger partial charge in [-0.05, 0) is 37.3 Å². The first kappa shape index (κ1) is 13.6. The van der Waals surface area contributed by atoms with Gasteiger partial charge in [0.15, 0.2) is 0 Å². The second kappa shape index (κ2) is 5.28. The molecule has 3 heterocycles. The lowest BCUT2D eigenvalue weighted by molar-refractivity contribution is 0.610. The first-order valence-electron chi connectivity index (χ1n) is 7.24. The quantitative estimate of drug-likeness (QED) is 0.605. The molecule has 112 valence electrons. The summed E-state index contributed by atoms with van der Waals surface area (Å²) in [5, 5.41) is 1.04. The van der Waals surface area contributed by atoms with Gasteiger partial charge in [-0.1, -0.05) is 12.1 Å². The summed E-state index contributed by atoms with van der Waals surface area (Å²) in [7, 11) is 0. The number of imidazole rings is 1. The number of hydrogen-bond donors (Lipinski definition) is 1. The first-order valence-corrected chi connectivity index (χ1v) is 7.24. The fourth-order valence-corrected chi connectivity index (χ4v) is 2.61. The highest BCUT2D eigenvalue weighted by molar-refractivity contribution is 5.86. The van der Waals surface area contributed by atoms with Gasteiger partial charge >= 0.3 is 0 Å². The van der Waals surface area contributed by atoms with Crippen molar-refractivity contribution < 1.29 is 4.39 Å². The minimum atomic E-state index is -0.313. The topological polar surface area (TPSA) is 54.5 Å². The number of nitrogens with one attached hydrogen (secondary N) is 1. The third-order valence-corrected chi connectivity index (χ3v) is 3.79. The van der Waals surface area contributed by atoms with Crippen molar-refractivity contribution >= 4 is 10.9 Å². The minimum Gasteiger partial charge on any atom is -0.343 e. The Balaban J connectivity index is 1.86. The van der Waals surface area contributed by atoms with E-state index in [-0.39, 0.29) is 5.82 Å².